The molecule has 0 aliphatic carbocycles. The van der Waals surface area contributed by atoms with Crippen LogP contribution in [0, 0.1) is 0 Å². The van der Waals surface area contributed by atoms with Crippen molar-refractivity contribution in [3.63, 3.8) is 0 Å². The summed E-state index contributed by atoms with van der Waals surface area (Å²) in [5.41, 5.74) is 1.70. The molecule has 1 atom stereocenters. The fraction of sp³-hybridized carbons (Fsp3) is 0.240. The number of rotatable bonds is 6. The fourth-order valence-corrected chi connectivity index (χ4v) is 3.76. The zero-order valence-corrected chi connectivity index (χ0v) is 19.4. The smallest absolute Gasteiger partial charge is 0.255 e. The van der Waals surface area contributed by atoms with E-state index < -0.39 is 20.4 Å². The summed E-state index contributed by atoms with van der Waals surface area (Å²) in [6, 6.07) is 22.6. The fourth-order valence-electron chi connectivity index (χ4n) is 3.01. The average Bonchev–Trinajstić information content (AvgIpc) is 2.74. The minimum absolute atomic E-state index is 0.321. The van der Waals surface area contributed by atoms with Gasteiger partial charge >= 0.3 is 0 Å². The summed E-state index contributed by atoms with van der Waals surface area (Å²) in [5, 5.41) is 13.7. The molecule has 6 nitrogen and oxygen atoms in total. The summed E-state index contributed by atoms with van der Waals surface area (Å²) in [7, 11) is -3.54. The third-order valence-electron chi connectivity index (χ3n) is 5.25. The van der Waals surface area contributed by atoms with Gasteiger partial charge in [-0.2, -0.15) is 0 Å². The van der Waals surface area contributed by atoms with Gasteiger partial charge in [0.2, 0.25) is 10.0 Å². The zero-order valence-electron chi connectivity index (χ0n) is 18.6. The highest BCUT2D eigenvalue weighted by atomic mass is 32.2. The molecule has 1 unspecified atom stereocenters. The lowest BCUT2D eigenvalue weighted by molar-refractivity contribution is 0.102. The average molecular weight is 453 g/mol. The maximum absolute atomic E-state index is 12.6. The molecule has 3 N–H and O–H groups in total. The number of anilines is 2. The van der Waals surface area contributed by atoms with E-state index in [0.717, 1.165) is 5.56 Å². The second-order valence-corrected chi connectivity index (χ2v) is 11.2. The summed E-state index contributed by atoms with van der Waals surface area (Å²) in [4.78, 5) is 12.6. The Morgan fingerprint density at radius 1 is 0.750 bits per heavy atom. The Balaban J connectivity index is 1.69. The largest absolute Gasteiger partial charge is 0.381 e. The Bertz CT molecular complexity index is 1180. The van der Waals surface area contributed by atoms with Gasteiger partial charge in [0.25, 0.3) is 5.91 Å². The minimum atomic E-state index is -3.54. The van der Waals surface area contributed by atoms with Gasteiger partial charge in [0.1, 0.15) is 5.60 Å². The molecular weight excluding hydrogens is 424 g/mol. The minimum Gasteiger partial charge on any atom is -0.381 e. The SMILES string of the molecule is CC(O)(c1ccccc1)c1ccc(NC(=O)c2ccc(NS(=O)(=O)C(C)(C)C)cc2)cc1. The summed E-state index contributed by atoms with van der Waals surface area (Å²) in [6.07, 6.45) is 0. The molecule has 7 heteroatoms. The Labute approximate surface area is 189 Å². The zero-order chi connectivity index (χ0) is 23.6. The third-order valence-corrected chi connectivity index (χ3v) is 7.36. The number of nitrogens with one attached hydrogen (secondary N) is 2. The molecule has 3 aromatic carbocycles. The van der Waals surface area contributed by atoms with E-state index in [9.17, 15) is 18.3 Å². The van der Waals surface area contributed by atoms with Crippen molar-refractivity contribution in [2.45, 2.75) is 38.0 Å². The number of aliphatic hydroxyl groups is 1. The molecule has 3 rings (SSSR count). The van der Waals surface area contributed by atoms with Crippen molar-refractivity contribution in [2.24, 2.45) is 0 Å². The van der Waals surface area contributed by atoms with Gasteiger partial charge in [-0.25, -0.2) is 8.42 Å². The molecule has 1 amide bonds. The van der Waals surface area contributed by atoms with E-state index in [0.29, 0.717) is 22.5 Å². The third kappa shape index (κ3) is 5.18. The first-order valence-corrected chi connectivity index (χ1v) is 11.7. The van der Waals surface area contributed by atoms with Crippen LogP contribution in [0.5, 0.6) is 0 Å². The van der Waals surface area contributed by atoms with Crippen LogP contribution >= 0.6 is 0 Å². The van der Waals surface area contributed by atoms with E-state index in [-0.39, 0.29) is 5.91 Å². The summed E-state index contributed by atoms with van der Waals surface area (Å²) >= 11 is 0. The van der Waals surface area contributed by atoms with Crippen LogP contribution in [0.15, 0.2) is 78.9 Å². The van der Waals surface area contributed by atoms with Crippen LogP contribution in [0.4, 0.5) is 11.4 Å². The van der Waals surface area contributed by atoms with Crippen molar-refractivity contribution in [3.8, 4) is 0 Å². The molecule has 0 bridgehead atoms. The number of hydrogen-bond donors (Lipinski definition) is 3. The molecule has 3 aromatic rings. The Morgan fingerprint density at radius 3 is 1.78 bits per heavy atom. The van der Waals surface area contributed by atoms with E-state index in [4.69, 9.17) is 0 Å². The van der Waals surface area contributed by atoms with E-state index in [1.54, 1.807) is 76.2 Å². The van der Waals surface area contributed by atoms with E-state index in [1.807, 2.05) is 30.3 Å². The maximum Gasteiger partial charge on any atom is 0.255 e. The van der Waals surface area contributed by atoms with Crippen LogP contribution in [-0.2, 0) is 15.6 Å². The van der Waals surface area contributed by atoms with Gasteiger partial charge in [0, 0.05) is 16.9 Å². The van der Waals surface area contributed by atoms with Crippen molar-refractivity contribution < 1.29 is 18.3 Å². The predicted molar refractivity (Wildman–Crippen MR) is 128 cm³/mol. The molecule has 0 aliphatic rings. The molecule has 32 heavy (non-hydrogen) atoms. The summed E-state index contributed by atoms with van der Waals surface area (Å²) in [6.45, 7) is 6.57. The Morgan fingerprint density at radius 2 is 1.25 bits per heavy atom. The first-order chi connectivity index (χ1) is 14.9. The Hall–Kier alpha value is -3.16. The van der Waals surface area contributed by atoms with Crippen LogP contribution in [0.3, 0.4) is 0 Å². The highest BCUT2D eigenvalue weighted by molar-refractivity contribution is 7.94. The molecule has 0 saturated heterocycles. The topological polar surface area (TPSA) is 95.5 Å². The molecule has 0 radical (unpaired) electrons. The number of carbonyl (C=O) groups is 1. The predicted octanol–water partition coefficient (Wildman–Crippen LogP) is 4.73. The van der Waals surface area contributed by atoms with Crippen LogP contribution in [0.25, 0.3) is 0 Å². The van der Waals surface area contributed by atoms with Gasteiger partial charge in [-0.15, -0.1) is 0 Å². The van der Waals surface area contributed by atoms with Crippen molar-refractivity contribution >= 4 is 27.3 Å². The second-order valence-electron chi connectivity index (χ2n) is 8.76. The molecule has 168 valence electrons. The maximum atomic E-state index is 12.6. The van der Waals surface area contributed by atoms with Crippen molar-refractivity contribution in [2.75, 3.05) is 10.0 Å². The highest BCUT2D eigenvalue weighted by Crippen LogP contribution is 2.29. The van der Waals surface area contributed by atoms with Crippen molar-refractivity contribution in [3.05, 3.63) is 95.6 Å². The second kappa shape index (κ2) is 8.76. The van der Waals surface area contributed by atoms with E-state index in [2.05, 4.69) is 10.0 Å². The van der Waals surface area contributed by atoms with Crippen LogP contribution in [-0.4, -0.2) is 24.2 Å². The van der Waals surface area contributed by atoms with Gasteiger partial charge in [0.15, 0.2) is 0 Å². The van der Waals surface area contributed by atoms with Crippen molar-refractivity contribution in [1.82, 2.24) is 0 Å². The molecular formula is C25H28N2O4S. The van der Waals surface area contributed by atoms with Gasteiger partial charge in [-0.05, 0) is 75.2 Å². The number of sulfonamides is 1. The van der Waals surface area contributed by atoms with Crippen LogP contribution in [0.1, 0.15) is 49.2 Å². The standard InChI is InChI=1S/C25H28N2O4S/c1-24(2,3)32(30,31)27-22-14-10-18(11-15-22)23(28)26-21-16-12-20(13-17-21)25(4,29)19-8-6-5-7-9-19/h5-17,27,29H,1-4H3,(H,26,28). The first-order valence-electron chi connectivity index (χ1n) is 10.2. The Kier molecular flexibility index (Phi) is 6.44. The lowest BCUT2D eigenvalue weighted by Gasteiger charge is -2.24. The first kappa shape index (κ1) is 23.5. The quantitative estimate of drug-likeness (QED) is 0.504. The monoisotopic (exact) mass is 452 g/mol. The molecule has 0 saturated carbocycles. The molecule has 0 heterocycles. The van der Waals surface area contributed by atoms with Gasteiger partial charge in [-0.1, -0.05) is 42.5 Å². The number of hydrogen-bond acceptors (Lipinski definition) is 4. The number of benzene rings is 3. The van der Waals surface area contributed by atoms with Gasteiger partial charge in [-0.3, -0.25) is 9.52 Å². The van der Waals surface area contributed by atoms with Crippen LogP contribution < -0.4 is 10.0 Å². The lowest BCUT2D eigenvalue weighted by atomic mass is 9.88. The molecule has 0 aliphatic heterocycles. The number of carbonyl (C=O) groups excluding carboxylic acids is 1. The van der Waals surface area contributed by atoms with Gasteiger partial charge < -0.3 is 10.4 Å². The highest BCUT2D eigenvalue weighted by Gasteiger charge is 2.29. The molecule has 0 spiro atoms. The van der Waals surface area contributed by atoms with E-state index >= 15 is 0 Å². The summed E-state index contributed by atoms with van der Waals surface area (Å²) in [5.74, 6) is -0.321. The molecule has 0 fully saturated rings. The van der Waals surface area contributed by atoms with Gasteiger partial charge in [0.05, 0.1) is 4.75 Å². The molecule has 0 aromatic heterocycles. The van der Waals surface area contributed by atoms with Crippen molar-refractivity contribution in [1.29, 1.82) is 0 Å². The number of amides is 1. The lowest BCUT2D eigenvalue weighted by Crippen LogP contribution is -2.33. The van der Waals surface area contributed by atoms with E-state index in [1.165, 1.54) is 0 Å². The van der Waals surface area contributed by atoms with Crippen LogP contribution in [0.2, 0.25) is 0 Å². The summed E-state index contributed by atoms with van der Waals surface area (Å²) < 4.78 is 26.1. The normalized spacial score (nSPS) is 13.8.